The van der Waals surface area contributed by atoms with Crippen LogP contribution >= 0.6 is 0 Å². The molecule has 1 N–H and O–H groups in total. The van der Waals surface area contributed by atoms with Crippen molar-refractivity contribution >= 4 is 11.8 Å². The predicted molar refractivity (Wildman–Crippen MR) is 119 cm³/mol. The van der Waals surface area contributed by atoms with E-state index in [4.69, 9.17) is 4.74 Å². The zero-order chi connectivity index (χ0) is 22.0. The van der Waals surface area contributed by atoms with Crippen LogP contribution in [0.5, 0.6) is 0 Å². The lowest BCUT2D eigenvalue weighted by Crippen LogP contribution is -2.39. The minimum atomic E-state index is -0.509. The molecule has 2 aliphatic rings. The number of benzene rings is 1. The molecule has 1 unspecified atom stereocenters. The SMILES string of the molecule is CC1=C(C(=O)OCCc2ccccc2)C(c2ccccn2)C2=C(CC(C)(C)CC2=O)N1. The summed E-state index contributed by atoms with van der Waals surface area (Å²) >= 11 is 0. The topological polar surface area (TPSA) is 68.3 Å². The first-order valence-electron chi connectivity index (χ1n) is 10.7. The van der Waals surface area contributed by atoms with Gasteiger partial charge in [-0.3, -0.25) is 9.78 Å². The highest BCUT2D eigenvalue weighted by Crippen LogP contribution is 2.46. The number of nitrogens with zero attached hydrogens (tertiary/aromatic N) is 1. The average Bonchev–Trinajstić information content (AvgIpc) is 2.73. The quantitative estimate of drug-likeness (QED) is 0.729. The van der Waals surface area contributed by atoms with Crippen molar-refractivity contribution in [3.8, 4) is 0 Å². The van der Waals surface area contributed by atoms with Crippen LogP contribution in [0.1, 0.15) is 50.8 Å². The van der Waals surface area contributed by atoms with Crippen molar-refractivity contribution in [2.24, 2.45) is 5.41 Å². The molecule has 0 bridgehead atoms. The lowest BCUT2D eigenvalue weighted by Gasteiger charge is -2.39. The number of pyridine rings is 1. The van der Waals surface area contributed by atoms with Gasteiger partial charge in [0.1, 0.15) is 0 Å². The number of hydrogen-bond donors (Lipinski definition) is 1. The van der Waals surface area contributed by atoms with E-state index in [9.17, 15) is 9.59 Å². The maximum Gasteiger partial charge on any atom is 0.336 e. The second kappa shape index (κ2) is 8.50. The Morgan fingerprint density at radius 3 is 2.58 bits per heavy atom. The van der Waals surface area contributed by atoms with Gasteiger partial charge in [0.15, 0.2) is 5.78 Å². The summed E-state index contributed by atoms with van der Waals surface area (Å²) in [5.74, 6) is -0.845. The molecule has 0 fully saturated rings. The van der Waals surface area contributed by atoms with Gasteiger partial charge in [-0.1, -0.05) is 50.2 Å². The lowest BCUT2D eigenvalue weighted by atomic mass is 9.69. The number of rotatable bonds is 5. The van der Waals surface area contributed by atoms with Gasteiger partial charge in [0.25, 0.3) is 0 Å². The second-order valence-electron chi connectivity index (χ2n) is 9.06. The molecular weight excluding hydrogens is 388 g/mol. The van der Waals surface area contributed by atoms with Gasteiger partial charge in [-0.15, -0.1) is 0 Å². The molecule has 1 atom stereocenters. The van der Waals surface area contributed by atoms with Crippen molar-refractivity contribution in [1.82, 2.24) is 10.3 Å². The fourth-order valence-electron chi connectivity index (χ4n) is 4.53. The first-order chi connectivity index (χ1) is 14.9. The number of carbonyl (C=O) groups excluding carboxylic acids is 2. The minimum absolute atomic E-state index is 0.0662. The maximum absolute atomic E-state index is 13.2. The largest absolute Gasteiger partial charge is 0.462 e. The number of ketones is 1. The number of dihydropyridines is 1. The van der Waals surface area contributed by atoms with Crippen LogP contribution in [-0.4, -0.2) is 23.3 Å². The highest BCUT2D eigenvalue weighted by Gasteiger charge is 2.43. The van der Waals surface area contributed by atoms with Crippen LogP contribution in [0.25, 0.3) is 0 Å². The number of carbonyl (C=O) groups is 2. The summed E-state index contributed by atoms with van der Waals surface area (Å²) in [5.41, 5.74) is 4.43. The Balaban J connectivity index is 1.64. The van der Waals surface area contributed by atoms with Crippen LogP contribution in [0.3, 0.4) is 0 Å². The Bertz CT molecular complexity index is 1050. The van der Waals surface area contributed by atoms with Crippen molar-refractivity contribution in [3.63, 3.8) is 0 Å². The van der Waals surface area contributed by atoms with Crippen LogP contribution in [0.4, 0.5) is 0 Å². The first-order valence-corrected chi connectivity index (χ1v) is 10.7. The van der Waals surface area contributed by atoms with E-state index in [0.717, 1.165) is 23.4 Å². The number of hydrogen-bond acceptors (Lipinski definition) is 5. The van der Waals surface area contributed by atoms with E-state index in [1.807, 2.05) is 55.5 Å². The standard InChI is InChI=1S/C26H28N2O3/c1-17-22(25(30)31-14-12-18-9-5-4-6-10-18)24(19-11-7-8-13-27-19)23-20(28-17)15-26(2,3)16-21(23)29/h4-11,13,24,28H,12,14-16H2,1-3H3. The Labute approximate surface area is 183 Å². The molecule has 2 heterocycles. The van der Waals surface area contributed by atoms with Crippen molar-refractivity contribution in [2.75, 3.05) is 6.61 Å². The van der Waals surface area contributed by atoms with Gasteiger partial charge in [-0.2, -0.15) is 0 Å². The molecule has 0 amide bonds. The van der Waals surface area contributed by atoms with Gasteiger partial charge in [-0.05, 0) is 36.5 Å². The lowest BCUT2D eigenvalue weighted by molar-refractivity contribution is -0.139. The molecule has 2 aromatic rings. The fourth-order valence-corrected chi connectivity index (χ4v) is 4.53. The van der Waals surface area contributed by atoms with E-state index in [-0.39, 0.29) is 17.8 Å². The molecule has 0 saturated heterocycles. The minimum Gasteiger partial charge on any atom is -0.462 e. The smallest absolute Gasteiger partial charge is 0.336 e. The van der Waals surface area contributed by atoms with Crippen LogP contribution in [0.2, 0.25) is 0 Å². The molecular formula is C26H28N2O3. The predicted octanol–water partition coefficient (Wildman–Crippen LogP) is 4.47. The molecule has 1 aliphatic heterocycles. The summed E-state index contributed by atoms with van der Waals surface area (Å²) in [6.45, 7) is 6.35. The van der Waals surface area contributed by atoms with Crippen molar-refractivity contribution < 1.29 is 14.3 Å². The van der Waals surface area contributed by atoms with Crippen LogP contribution in [0, 0.1) is 5.41 Å². The van der Waals surface area contributed by atoms with Crippen LogP contribution in [-0.2, 0) is 20.7 Å². The Hall–Kier alpha value is -3.21. The zero-order valence-corrected chi connectivity index (χ0v) is 18.3. The third kappa shape index (κ3) is 4.46. The normalized spacial score (nSPS) is 20.2. The molecule has 1 aliphatic carbocycles. The Morgan fingerprint density at radius 2 is 1.87 bits per heavy atom. The first kappa shape index (κ1) is 21.0. The maximum atomic E-state index is 13.2. The third-order valence-electron chi connectivity index (χ3n) is 5.91. The monoisotopic (exact) mass is 416 g/mol. The Morgan fingerprint density at radius 1 is 1.13 bits per heavy atom. The van der Waals surface area contributed by atoms with Gasteiger partial charge in [0.05, 0.1) is 23.8 Å². The van der Waals surface area contributed by atoms with E-state index in [1.165, 1.54) is 0 Å². The van der Waals surface area contributed by atoms with Gasteiger partial charge >= 0.3 is 5.97 Å². The summed E-state index contributed by atoms with van der Waals surface area (Å²) in [6.07, 6.45) is 3.54. The molecule has 0 spiro atoms. The van der Waals surface area contributed by atoms with Gasteiger partial charge in [0.2, 0.25) is 0 Å². The zero-order valence-electron chi connectivity index (χ0n) is 18.3. The molecule has 160 valence electrons. The molecule has 5 heteroatoms. The number of allylic oxidation sites excluding steroid dienone is 3. The van der Waals surface area contributed by atoms with Crippen molar-refractivity contribution in [1.29, 1.82) is 0 Å². The number of nitrogens with one attached hydrogen (secondary N) is 1. The molecule has 31 heavy (non-hydrogen) atoms. The van der Waals surface area contributed by atoms with E-state index in [1.54, 1.807) is 6.20 Å². The number of Topliss-reactive ketones (excluding diaryl/α,β-unsaturated/α-hetero) is 1. The van der Waals surface area contributed by atoms with Gasteiger partial charge < -0.3 is 10.1 Å². The third-order valence-corrected chi connectivity index (χ3v) is 5.91. The second-order valence-corrected chi connectivity index (χ2v) is 9.06. The molecule has 0 radical (unpaired) electrons. The number of aromatic nitrogens is 1. The highest BCUT2D eigenvalue weighted by atomic mass is 16.5. The van der Waals surface area contributed by atoms with Crippen LogP contribution in [0.15, 0.2) is 77.3 Å². The molecule has 1 aromatic carbocycles. The summed E-state index contributed by atoms with van der Waals surface area (Å²) in [6, 6.07) is 15.5. The number of esters is 1. The van der Waals surface area contributed by atoms with Gasteiger partial charge in [-0.25, -0.2) is 4.79 Å². The van der Waals surface area contributed by atoms with E-state index in [2.05, 4.69) is 24.1 Å². The summed E-state index contributed by atoms with van der Waals surface area (Å²) < 4.78 is 5.67. The van der Waals surface area contributed by atoms with Crippen molar-refractivity contribution in [2.45, 2.75) is 46.0 Å². The van der Waals surface area contributed by atoms with E-state index >= 15 is 0 Å². The Kier molecular flexibility index (Phi) is 5.77. The van der Waals surface area contributed by atoms with Crippen LogP contribution < -0.4 is 5.32 Å². The molecule has 1 aromatic heterocycles. The van der Waals surface area contributed by atoms with Crippen molar-refractivity contribution in [3.05, 3.63) is 88.5 Å². The molecule has 0 saturated carbocycles. The molecule has 5 nitrogen and oxygen atoms in total. The molecule has 4 rings (SSSR count). The van der Waals surface area contributed by atoms with E-state index in [0.29, 0.717) is 29.7 Å². The summed E-state index contributed by atoms with van der Waals surface area (Å²) in [7, 11) is 0. The fraction of sp³-hybridized carbons (Fsp3) is 0.346. The average molecular weight is 417 g/mol. The summed E-state index contributed by atoms with van der Waals surface area (Å²) in [4.78, 5) is 30.9. The highest BCUT2D eigenvalue weighted by molar-refractivity contribution is 6.04. The van der Waals surface area contributed by atoms with Gasteiger partial charge in [0, 0.05) is 36.0 Å². The van der Waals surface area contributed by atoms with E-state index < -0.39 is 11.9 Å². The number of ether oxygens (including phenoxy) is 1. The summed E-state index contributed by atoms with van der Waals surface area (Å²) in [5, 5.41) is 3.35.